The molecule has 80 valence electrons. The van der Waals surface area contributed by atoms with Crippen molar-refractivity contribution in [1.29, 1.82) is 0 Å². The van der Waals surface area contributed by atoms with E-state index < -0.39 is 0 Å². The predicted octanol–water partition coefficient (Wildman–Crippen LogP) is 0.994. The third-order valence-electron chi connectivity index (χ3n) is 2.14. The van der Waals surface area contributed by atoms with Crippen LogP contribution in [-0.4, -0.2) is 43.8 Å². The number of nitrogens with one attached hydrogen (secondary N) is 1. The SMILES string of the molecule is C=CCCOCCN1CCCNC1=O. The first-order chi connectivity index (χ1) is 6.84. The van der Waals surface area contributed by atoms with Gasteiger partial charge in [0.15, 0.2) is 0 Å². The van der Waals surface area contributed by atoms with Crippen LogP contribution in [0.2, 0.25) is 0 Å². The number of nitrogens with zero attached hydrogens (tertiary/aromatic N) is 1. The normalized spacial score (nSPS) is 16.6. The lowest BCUT2D eigenvalue weighted by Crippen LogP contribution is -2.47. The summed E-state index contributed by atoms with van der Waals surface area (Å²) in [5.74, 6) is 0. The van der Waals surface area contributed by atoms with E-state index in [0.29, 0.717) is 19.8 Å². The lowest BCUT2D eigenvalue weighted by atomic mass is 10.3. The van der Waals surface area contributed by atoms with Crippen LogP contribution in [0.4, 0.5) is 4.79 Å². The average Bonchev–Trinajstić information content (AvgIpc) is 2.20. The van der Waals surface area contributed by atoms with Crippen molar-refractivity contribution in [1.82, 2.24) is 10.2 Å². The molecule has 14 heavy (non-hydrogen) atoms. The number of ether oxygens (including phenoxy) is 1. The van der Waals surface area contributed by atoms with Gasteiger partial charge >= 0.3 is 6.03 Å². The van der Waals surface area contributed by atoms with Crippen molar-refractivity contribution in [3.05, 3.63) is 12.7 Å². The summed E-state index contributed by atoms with van der Waals surface area (Å²) in [5.41, 5.74) is 0. The Hall–Kier alpha value is -1.03. The molecule has 2 amide bonds. The minimum Gasteiger partial charge on any atom is -0.379 e. The number of urea groups is 1. The van der Waals surface area contributed by atoms with Crippen LogP contribution in [0, 0.1) is 0 Å². The van der Waals surface area contributed by atoms with Gasteiger partial charge in [0.05, 0.1) is 13.2 Å². The second-order valence-electron chi connectivity index (χ2n) is 3.26. The fourth-order valence-corrected chi connectivity index (χ4v) is 1.34. The molecule has 0 spiro atoms. The Kier molecular flexibility index (Phi) is 5.07. The Balaban J connectivity index is 2.04. The summed E-state index contributed by atoms with van der Waals surface area (Å²) >= 11 is 0. The topological polar surface area (TPSA) is 41.6 Å². The van der Waals surface area contributed by atoms with E-state index in [1.807, 2.05) is 6.08 Å². The maximum Gasteiger partial charge on any atom is 0.317 e. The first-order valence-corrected chi connectivity index (χ1v) is 5.06. The summed E-state index contributed by atoms with van der Waals surface area (Å²) in [6.07, 6.45) is 3.72. The van der Waals surface area contributed by atoms with Gasteiger partial charge in [-0.25, -0.2) is 4.79 Å². The van der Waals surface area contributed by atoms with Gasteiger partial charge in [0, 0.05) is 19.6 Å². The molecule has 0 bridgehead atoms. The van der Waals surface area contributed by atoms with Gasteiger partial charge in [0.25, 0.3) is 0 Å². The van der Waals surface area contributed by atoms with E-state index >= 15 is 0 Å². The molecule has 0 unspecified atom stereocenters. The summed E-state index contributed by atoms with van der Waals surface area (Å²) in [6.45, 7) is 7.24. The van der Waals surface area contributed by atoms with E-state index in [0.717, 1.165) is 25.9 Å². The molecular formula is C10H18N2O2. The summed E-state index contributed by atoms with van der Waals surface area (Å²) in [5, 5.41) is 2.80. The summed E-state index contributed by atoms with van der Waals surface area (Å²) in [7, 11) is 0. The highest BCUT2D eigenvalue weighted by Crippen LogP contribution is 1.98. The van der Waals surface area contributed by atoms with Crippen LogP contribution in [0.15, 0.2) is 12.7 Å². The average molecular weight is 198 g/mol. The van der Waals surface area contributed by atoms with Crippen molar-refractivity contribution in [3.63, 3.8) is 0 Å². The van der Waals surface area contributed by atoms with Gasteiger partial charge < -0.3 is 15.0 Å². The molecule has 1 saturated heterocycles. The largest absolute Gasteiger partial charge is 0.379 e. The number of amides is 2. The molecule has 1 heterocycles. The van der Waals surface area contributed by atoms with E-state index in [-0.39, 0.29) is 6.03 Å². The number of rotatable bonds is 6. The Morgan fingerprint density at radius 2 is 2.43 bits per heavy atom. The Labute approximate surface area is 84.9 Å². The lowest BCUT2D eigenvalue weighted by Gasteiger charge is -2.27. The van der Waals surface area contributed by atoms with E-state index in [1.54, 1.807) is 4.90 Å². The molecule has 0 radical (unpaired) electrons. The van der Waals surface area contributed by atoms with Gasteiger partial charge in [-0.1, -0.05) is 6.08 Å². The molecule has 4 nitrogen and oxygen atoms in total. The van der Waals surface area contributed by atoms with Gasteiger partial charge in [0.1, 0.15) is 0 Å². The van der Waals surface area contributed by atoms with E-state index in [4.69, 9.17) is 4.74 Å². The van der Waals surface area contributed by atoms with Gasteiger partial charge in [0.2, 0.25) is 0 Å². The Morgan fingerprint density at radius 1 is 1.57 bits per heavy atom. The first-order valence-electron chi connectivity index (χ1n) is 5.06. The Bertz CT molecular complexity index is 195. The van der Waals surface area contributed by atoms with Crippen molar-refractivity contribution >= 4 is 6.03 Å². The third kappa shape index (κ3) is 3.79. The van der Waals surface area contributed by atoms with Gasteiger partial charge in [-0.2, -0.15) is 0 Å². The van der Waals surface area contributed by atoms with Crippen LogP contribution in [0.3, 0.4) is 0 Å². The molecule has 0 aromatic carbocycles. The highest BCUT2D eigenvalue weighted by molar-refractivity contribution is 5.74. The number of carbonyl (C=O) groups excluding carboxylic acids is 1. The van der Waals surface area contributed by atoms with Crippen LogP contribution in [-0.2, 0) is 4.74 Å². The quantitative estimate of drug-likeness (QED) is 0.511. The van der Waals surface area contributed by atoms with Gasteiger partial charge in [-0.15, -0.1) is 6.58 Å². The summed E-state index contributed by atoms with van der Waals surface area (Å²) in [4.78, 5) is 13.0. The fraction of sp³-hybridized carbons (Fsp3) is 0.700. The van der Waals surface area contributed by atoms with Crippen LogP contribution in [0.5, 0.6) is 0 Å². The maximum atomic E-state index is 11.3. The van der Waals surface area contributed by atoms with Crippen LogP contribution >= 0.6 is 0 Å². The monoisotopic (exact) mass is 198 g/mol. The van der Waals surface area contributed by atoms with Crippen LogP contribution in [0.1, 0.15) is 12.8 Å². The third-order valence-corrected chi connectivity index (χ3v) is 2.14. The number of carbonyl (C=O) groups is 1. The minimum atomic E-state index is 0.0311. The zero-order valence-corrected chi connectivity index (χ0v) is 8.50. The lowest BCUT2D eigenvalue weighted by molar-refractivity contribution is 0.109. The first kappa shape index (κ1) is 11.0. The van der Waals surface area contributed by atoms with E-state index in [1.165, 1.54) is 0 Å². The van der Waals surface area contributed by atoms with Crippen molar-refractivity contribution in [2.24, 2.45) is 0 Å². The molecule has 0 saturated carbocycles. The minimum absolute atomic E-state index is 0.0311. The molecule has 1 rings (SSSR count). The number of hydrogen-bond acceptors (Lipinski definition) is 2. The highest BCUT2D eigenvalue weighted by atomic mass is 16.5. The second-order valence-corrected chi connectivity index (χ2v) is 3.26. The van der Waals surface area contributed by atoms with Crippen molar-refractivity contribution < 1.29 is 9.53 Å². The van der Waals surface area contributed by atoms with Crippen LogP contribution < -0.4 is 5.32 Å². The standard InChI is InChI=1S/C10H18N2O2/c1-2-3-8-14-9-7-12-6-4-5-11-10(12)13/h2H,1,3-9H2,(H,11,13). The maximum absolute atomic E-state index is 11.3. The highest BCUT2D eigenvalue weighted by Gasteiger charge is 2.16. The molecule has 1 N–H and O–H groups in total. The summed E-state index contributed by atoms with van der Waals surface area (Å²) in [6, 6.07) is 0.0311. The molecule has 1 fully saturated rings. The molecule has 0 atom stereocenters. The van der Waals surface area contributed by atoms with Crippen molar-refractivity contribution in [2.75, 3.05) is 32.8 Å². The van der Waals surface area contributed by atoms with Gasteiger partial charge in [-0.3, -0.25) is 0 Å². The zero-order chi connectivity index (χ0) is 10.2. The molecule has 1 aliphatic heterocycles. The summed E-state index contributed by atoms with van der Waals surface area (Å²) < 4.78 is 5.33. The number of hydrogen-bond donors (Lipinski definition) is 1. The molecule has 1 aliphatic rings. The zero-order valence-electron chi connectivity index (χ0n) is 8.50. The smallest absolute Gasteiger partial charge is 0.317 e. The van der Waals surface area contributed by atoms with E-state index in [9.17, 15) is 4.79 Å². The van der Waals surface area contributed by atoms with Crippen LogP contribution in [0.25, 0.3) is 0 Å². The molecule has 0 aromatic heterocycles. The predicted molar refractivity (Wildman–Crippen MR) is 55.2 cm³/mol. The second kappa shape index (κ2) is 6.43. The van der Waals surface area contributed by atoms with Crippen molar-refractivity contribution in [2.45, 2.75) is 12.8 Å². The molecule has 0 aliphatic carbocycles. The van der Waals surface area contributed by atoms with E-state index in [2.05, 4.69) is 11.9 Å². The van der Waals surface area contributed by atoms with Gasteiger partial charge in [-0.05, 0) is 12.8 Å². The Morgan fingerprint density at radius 3 is 3.14 bits per heavy atom. The van der Waals surface area contributed by atoms with Crippen molar-refractivity contribution in [3.8, 4) is 0 Å². The fourth-order valence-electron chi connectivity index (χ4n) is 1.34. The molecule has 0 aromatic rings. The molecule has 4 heteroatoms. The molecular weight excluding hydrogens is 180 g/mol.